The van der Waals surface area contributed by atoms with Gasteiger partial charge in [0.05, 0.1) is 28.8 Å². The molecule has 122 valence electrons. The van der Waals surface area contributed by atoms with Crippen LogP contribution >= 0.6 is 23.2 Å². The Morgan fingerprint density at radius 1 is 1.21 bits per heavy atom. The van der Waals surface area contributed by atoms with Crippen molar-refractivity contribution in [1.29, 1.82) is 0 Å². The Bertz CT molecular complexity index is 952. The summed E-state index contributed by atoms with van der Waals surface area (Å²) >= 11 is 12.1. The molecule has 1 aliphatic rings. The van der Waals surface area contributed by atoms with E-state index in [1.165, 1.54) is 4.90 Å². The Hall–Kier alpha value is -2.18. The Morgan fingerprint density at radius 2 is 2.00 bits per heavy atom. The summed E-state index contributed by atoms with van der Waals surface area (Å²) in [6.45, 7) is 0.160. The summed E-state index contributed by atoms with van der Waals surface area (Å²) in [5, 5.41) is 0.770. The molecular formula is C16H11Cl2FN4O. The maximum Gasteiger partial charge on any atom is 0.290 e. The molecule has 8 heteroatoms. The predicted octanol–water partition coefficient (Wildman–Crippen LogP) is 3.52. The maximum atomic E-state index is 13.1. The molecule has 0 N–H and O–H groups in total. The average molecular weight is 365 g/mol. The molecule has 0 atom stereocenters. The molecule has 1 amide bonds. The van der Waals surface area contributed by atoms with E-state index in [2.05, 4.69) is 9.97 Å². The van der Waals surface area contributed by atoms with E-state index < -0.39 is 6.17 Å². The first-order valence-corrected chi connectivity index (χ1v) is 8.02. The van der Waals surface area contributed by atoms with E-state index in [1.54, 1.807) is 41.1 Å². The second-order valence-corrected chi connectivity index (χ2v) is 6.34. The van der Waals surface area contributed by atoms with Crippen LogP contribution in [-0.4, -0.2) is 44.6 Å². The minimum Gasteiger partial charge on any atom is -0.330 e. The number of nitrogens with zero attached hydrogens (tertiary/aromatic N) is 4. The van der Waals surface area contributed by atoms with Gasteiger partial charge in [-0.1, -0.05) is 23.2 Å². The molecule has 0 radical (unpaired) electrons. The molecule has 0 bridgehead atoms. The number of carbonyl (C=O) groups excluding carboxylic acids is 1. The van der Waals surface area contributed by atoms with Gasteiger partial charge in [-0.3, -0.25) is 9.36 Å². The zero-order valence-corrected chi connectivity index (χ0v) is 13.8. The van der Waals surface area contributed by atoms with Crippen molar-refractivity contribution in [3.05, 3.63) is 52.4 Å². The van der Waals surface area contributed by atoms with Gasteiger partial charge in [-0.05, 0) is 30.3 Å². The number of alkyl halides is 1. The molecule has 0 saturated carbocycles. The lowest BCUT2D eigenvalue weighted by Crippen LogP contribution is -2.52. The van der Waals surface area contributed by atoms with Crippen LogP contribution in [0.4, 0.5) is 4.39 Å². The first kappa shape index (κ1) is 15.4. The summed E-state index contributed by atoms with van der Waals surface area (Å²) in [6.07, 6.45) is 0.642. The Morgan fingerprint density at radius 3 is 2.71 bits per heavy atom. The van der Waals surface area contributed by atoms with E-state index >= 15 is 0 Å². The van der Waals surface area contributed by atoms with Gasteiger partial charge in [0.2, 0.25) is 5.82 Å². The topological polar surface area (TPSA) is 51.0 Å². The molecule has 0 spiro atoms. The van der Waals surface area contributed by atoms with Gasteiger partial charge in [-0.2, -0.15) is 0 Å². The van der Waals surface area contributed by atoms with Crippen LogP contribution in [0.2, 0.25) is 10.0 Å². The number of rotatable bonds is 2. The number of amides is 1. The van der Waals surface area contributed by atoms with Gasteiger partial charge in [0, 0.05) is 6.20 Å². The van der Waals surface area contributed by atoms with E-state index in [0.29, 0.717) is 26.9 Å². The van der Waals surface area contributed by atoms with Crippen molar-refractivity contribution >= 4 is 40.3 Å². The summed E-state index contributed by atoms with van der Waals surface area (Å²) in [5.74, 6) is -0.165. The zero-order valence-electron chi connectivity index (χ0n) is 12.3. The van der Waals surface area contributed by atoms with Crippen LogP contribution in [0.5, 0.6) is 0 Å². The Kier molecular flexibility index (Phi) is 3.66. The number of pyridine rings is 1. The monoisotopic (exact) mass is 364 g/mol. The summed E-state index contributed by atoms with van der Waals surface area (Å²) in [5.41, 5.74) is 1.71. The number of imidazole rings is 1. The van der Waals surface area contributed by atoms with Crippen LogP contribution in [0.25, 0.3) is 16.9 Å². The largest absolute Gasteiger partial charge is 0.330 e. The van der Waals surface area contributed by atoms with Gasteiger partial charge in [0.25, 0.3) is 5.91 Å². The molecule has 1 aliphatic heterocycles. The third-order valence-electron chi connectivity index (χ3n) is 3.89. The molecular weight excluding hydrogens is 354 g/mol. The molecule has 2 aromatic heterocycles. The molecule has 3 heterocycles. The number of fused-ring (bicyclic) bond motifs is 1. The summed E-state index contributed by atoms with van der Waals surface area (Å²) in [4.78, 5) is 22.8. The molecule has 5 nitrogen and oxygen atoms in total. The standard InChI is InChI=1S/C16H11Cl2FN4O/c17-11-4-3-10(6-12(11)18)23-14-13(2-1-5-20-14)21-15(23)16(24)22-7-9(19)8-22/h1-6,9H,7-8H2. The molecule has 1 fully saturated rings. The highest BCUT2D eigenvalue weighted by Gasteiger charge is 2.34. The van der Waals surface area contributed by atoms with E-state index in [1.807, 2.05) is 0 Å². The van der Waals surface area contributed by atoms with E-state index in [4.69, 9.17) is 23.2 Å². The fourth-order valence-corrected chi connectivity index (χ4v) is 2.95. The quantitative estimate of drug-likeness (QED) is 0.698. The number of aromatic nitrogens is 3. The number of carbonyl (C=O) groups is 1. The van der Waals surface area contributed by atoms with Crippen molar-refractivity contribution < 1.29 is 9.18 Å². The van der Waals surface area contributed by atoms with Crippen LogP contribution in [0.3, 0.4) is 0 Å². The van der Waals surface area contributed by atoms with E-state index in [9.17, 15) is 9.18 Å². The van der Waals surface area contributed by atoms with Crippen LogP contribution in [0, 0.1) is 0 Å². The normalized spacial score (nSPS) is 14.9. The fraction of sp³-hybridized carbons (Fsp3) is 0.188. The van der Waals surface area contributed by atoms with Crippen LogP contribution in [-0.2, 0) is 0 Å². The third-order valence-corrected chi connectivity index (χ3v) is 4.63. The average Bonchev–Trinajstić information content (AvgIpc) is 2.93. The first-order valence-electron chi connectivity index (χ1n) is 7.27. The summed E-state index contributed by atoms with van der Waals surface area (Å²) in [6, 6.07) is 8.52. The van der Waals surface area contributed by atoms with Crippen molar-refractivity contribution in [3.8, 4) is 5.69 Å². The highest BCUT2D eigenvalue weighted by Crippen LogP contribution is 2.28. The van der Waals surface area contributed by atoms with Crippen LogP contribution in [0.1, 0.15) is 10.6 Å². The first-order chi connectivity index (χ1) is 11.5. The maximum absolute atomic E-state index is 13.1. The summed E-state index contributed by atoms with van der Waals surface area (Å²) in [7, 11) is 0. The zero-order chi connectivity index (χ0) is 16.8. The smallest absolute Gasteiger partial charge is 0.290 e. The molecule has 24 heavy (non-hydrogen) atoms. The highest BCUT2D eigenvalue weighted by molar-refractivity contribution is 6.42. The van der Waals surface area contributed by atoms with Crippen molar-refractivity contribution in [3.63, 3.8) is 0 Å². The van der Waals surface area contributed by atoms with Crippen molar-refractivity contribution in [2.75, 3.05) is 13.1 Å². The number of hydrogen-bond donors (Lipinski definition) is 0. The third kappa shape index (κ3) is 2.42. The van der Waals surface area contributed by atoms with Crippen LogP contribution in [0.15, 0.2) is 36.5 Å². The number of benzene rings is 1. The van der Waals surface area contributed by atoms with Gasteiger partial charge >= 0.3 is 0 Å². The molecule has 4 rings (SSSR count). The highest BCUT2D eigenvalue weighted by atomic mass is 35.5. The molecule has 0 unspecified atom stereocenters. The van der Waals surface area contributed by atoms with Crippen molar-refractivity contribution in [1.82, 2.24) is 19.4 Å². The minimum atomic E-state index is -0.977. The minimum absolute atomic E-state index is 0.0802. The van der Waals surface area contributed by atoms with Crippen molar-refractivity contribution in [2.45, 2.75) is 6.17 Å². The second kappa shape index (κ2) is 5.72. The molecule has 0 aliphatic carbocycles. The summed E-state index contributed by atoms with van der Waals surface area (Å²) < 4.78 is 14.7. The van der Waals surface area contributed by atoms with Crippen LogP contribution < -0.4 is 0 Å². The SMILES string of the molecule is O=C(c1nc2cccnc2n1-c1ccc(Cl)c(Cl)c1)N1CC(F)C1. The van der Waals surface area contributed by atoms with Gasteiger partial charge in [0.1, 0.15) is 11.7 Å². The van der Waals surface area contributed by atoms with Gasteiger partial charge < -0.3 is 4.90 Å². The lowest BCUT2D eigenvalue weighted by atomic mass is 10.2. The van der Waals surface area contributed by atoms with Gasteiger partial charge in [-0.15, -0.1) is 0 Å². The number of likely N-dealkylation sites (tertiary alicyclic amines) is 1. The molecule has 1 aromatic carbocycles. The van der Waals surface area contributed by atoms with Gasteiger partial charge in [-0.25, -0.2) is 14.4 Å². The number of hydrogen-bond acceptors (Lipinski definition) is 3. The Balaban J connectivity index is 1.90. The van der Waals surface area contributed by atoms with Gasteiger partial charge in [0.15, 0.2) is 5.65 Å². The fourth-order valence-electron chi connectivity index (χ4n) is 2.66. The Labute approximate surface area is 146 Å². The second-order valence-electron chi connectivity index (χ2n) is 5.52. The lowest BCUT2D eigenvalue weighted by molar-refractivity contribution is 0.0387. The molecule has 3 aromatic rings. The predicted molar refractivity (Wildman–Crippen MR) is 89.7 cm³/mol. The number of halogens is 3. The van der Waals surface area contributed by atoms with Crippen molar-refractivity contribution in [2.24, 2.45) is 0 Å². The lowest BCUT2D eigenvalue weighted by Gasteiger charge is -2.33. The van der Waals surface area contributed by atoms with E-state index in [0.717, 1.165) is 0 Å². The van der Waals surface area contributed by atoms with E-state index in [-0.39, 0.29) is 24.8 Å². The molecule has 1 saturated heterocycles.